The molecule has 1 saturated heterocycles. The summed E-state index contributed by atoms with van der Waals surface area (Å²) in [6.07, 6.45) is 4.69. The van der Waals surface area contributed by atoms with Crippen molar-refractivity contribution in [2.45, 2.75) is 31.7 Å². The zero-order chi connectivity index (χ0) is 12.3. The van der Waals surface area contributed by atoms with Gasteiger partial charge in [0, 0.05) is 10.1 Å². The summed E-state index contributed by atoms with van der Waals surface area (Å²) in [4.78, 5) is 2.28. The Bertz CT molecular complexity index is 384. The quantitative estimate of drug-likeness (QED) is 0.639. The molecule has 1 aliphatic rings. The van der Waals surface area contributed by atoms with Gasteiger partial charge in [0.2, 0.25) is 0 Å². The maximum atomic E-state index is 9.51. The van der Waals surface area contributed by atoms with E-state index in [-0.39, 0.29) is 12.6 Å². The molecule has 2 rings (SSSR count). The van der Waals surface area contributed by atoms with E-state index in [2.05, 4.69) is 39.6 Å². The zero-order valence-electron chi connectivity index (χ0n) is 9.90. The monoisotopic (exact) mass is 346 g/mol. The average molecular weight is 346 g/mol. The summed E-state index contributed by atoms with van der Waals surface area (Å²) in [5.74, 6) is 0. The van der Waals surface area contributed by atoms with E-state index < -0.39 is 0 Å². The smallest absolute Gasteiger partial charge is 0.0635 e. The van der Waals surface area contributed by atoms with Gasteiger partial charge in [0.05, 0.1) is 24.0 Å². The van der Waals surface area contributed by atoms with Gasteiger partial charge < -0.3 is 15.7 Å². The van der Waals surface area contributed by atoms with Crippen molar-refractivity contribution in [1.82, 2.24) is 0 Å². The summed E-state index contributed by atoms with van der Waals surface area (Å²) >= 11 is 2.27. The number of hydrogen-bond acceptors (Lipinski definition) is 3. The van der Waals surface area contributed by atoms with Gasteiger partial charge in [-0.15, -0.1) is 0 Å². The van der Waals surface area contributed by atoms with Crippen molar-refractivity contribution in [3.8, 4) is 0 Å². The second-order valence-electron chi connectivity index (χ2n) is 4.58. The number of benzene rings is 1. The molecule has 4 heteroatoms. The van der Waals surface area contributed by atoms with Crippen LogP contribution in [0.1, 0.15) is 25.7 Å². The molecule has 0 aromatic heterocycles. The summed E-state index contributed by atoms with van der Waals surface area (Å²) in [7, 11) is 0. The van der Waals surface area contributed by atoms with Crippen molar-refractivity contribution in [2.24, 2.45) is 0 Å². The van der Waals surface area contributed by atoms with Crippen LogP contribution in [0.4, 0.5) is 11.4 Å². The Morgan fingerprint density at radius 2 is 2.18 bits per heavy atom. The van der Waals surface area contributed by atoms with Crippen LogP contribution < -0.4 is 10.6 Å². The summed E-state index contributed by atoms with van der Waals surface area (Å²) in [5.41, 5.74) is 7.98. The minimum absolute atomic E-state index is 0.214. The Morgan fingerprint density at radius 1 is 1.35 bits per heavy atom. The first-order valence-corrected chi connectivity index (χ1v) is 7.23. The molecule has 1 aromatic carbocycles. The molecule has 0 amide bonds. The molecule has 1 fully saturated rings. The molecule has 0 saturated carbocycles. The molecule has 94 valence electrons. The number of rotatable bonds is 2. The van der Waals surface area contributed by atoms with E-state index in [0.717, 1.165) is 27.9 Å². The molecule has 3 nitrogen and oxygen atoms in total. The molecule has 1 atom stereocenters. The molecular formula is C13H19IN2O. The van der Waals surface area contributed by atoms with Crippen LogP contribution in [0.15, 0.2) is 18.2 Å². The minimum atomic E-state index is 0.214. The van der Waals surface area contributed by atoms with E-state index in [4.69, 9.17) is 5.73 Å². The first-order chi connectivity index (χ1) is 8.22. The van der Waals surface area contributed by atoms with E-state index in [1.165, 1.54) is 19.3 Å². The Labute approximate surface area is 116 Å². The number of aliphatic hydroxyl groups is 1. The summed E-state index contributed by atoms with van der Waals surface area (Å²) in [6.45, 7) is 1.21. The molecule has 3 N–H and O–H groups in total. The average Bonchev–Trinajstić information content (AvgIpc) is 2.54. The number of halogens is 1. The van der Waals surface area contributed by atoms with Gasteiger partial charge in [-0.2, -0.15) is 0 Å². The molecule has 1 unspecified atom stereocenters. The highest BCUT2D eigenvalue weighted by Crippen LogP contribution is 2.30. The topological polar surface area (TPSA) is 49.5 Å². The summed E-state index contributed by atoms with van der Waals surface area (Å²) in [6, 6.07) is 6.37. The maximum absolute atomic E-state index is 9.51. The van der Waals surface area contributed by atoms with Gasteiger partial charge >= 0.3 is 0 Å². The number of hydrogen-bond donors (Lipinski definition) is 2. The van der Waals surface area contributed by atoms with E-state index in [1.54, 1.807) is 0 Å². The van der Waals surface area contributed by atoms with Crippen molar-refractivity contribution in [1.29, 1.82) is 0 Å². The van der Waals surface area contributed by atoms with Gasteiger partial charge in [-0.3, -0.25) is 0 Å². The second-order valence-corrected chi connectivity index (χ2v) is 5.83. The third-order valence-corrected chi connectivity index (χ3v) is 4.06. The molecule has 0 radical (unpaired) electrons. The van der Waals surface area contributed by atoms with Crippen molar-refractivity contribution in [2.75, 3.05) is 23.8 Å². The van der Waals surface area contributed by atoms with Crippen LogP contribution in [-0.2, 0) is 0 Å². The third-order valence-electron chi connectivity index (χ3n) is 3.39. The summed E-state index contributed by atoms with van der Waals surface area (Å²) in [5, 5.41) is 9.51. The largest absolute Gasteiger partial charge is 0.397 e. The van der Waals surface area contributed by atoms with Crippen LogP contribution in [0, 0.1) is 3.57 Å². The van der Waals surface area contributed by atoms with E-state index in [9.17, 15) is 5.11 Å². The molecule has 1 aliphatic heterocycles. The SMILES string of the molecule is Nc1cc(I)ccc1N1CCCCCC1CO. The van der Waals surface area contributed by atoms with Crippen molar-refractivity contribution in [3.05, 3.63) is 21.8 Å². The fraction of sp³-hybridized carbons (Fsp3) is 0.538. The van der Waals surface area contributed by atoms with Crippen LogP contribution in [-0.4, -0.2) is 24.3 Å². The predicted octanol–water partition coefficient (Wildman–Crippen LogP) is 2.61. The van der Waals surface area contributed by atoms with E-state index >= 15 is 0 Å². The van der Waals surface area contributed by atoms with Crippen LogP contribution in [0.3, 0.4) is 0 Å². The molecule has 17 heavy (non-hydrogen) atoms. The Hall–Kier alpha value is -0.490. The fourth-order valence-corrected chi connectivity index (χ4v) is 2.99. The standard InChI is InChI=1S/C13H19IN2O/c14-10-5-6-13(12(15)8-10)16-7-3-1-2-4-11(16)9-17/h5-6,8,11,17H,1-4,7,9,15H2. The first kappa shape index (κ1) is 13.0. The number of nitrogens with zero attached hydrogens (tertiary/aromatic N) is 1. The highest BCUT2D eigenvalue weighted by molar-refractivity contribution is 14.1. The Kier molecular flexibility index (Phi) is 4.50. The highest BCUT2D eigenvalue weighted by Gasteiger charge is 2.21. The summed E-state index contributed by atoms with van der Waals surface area (Å²) < 4.78 is 1.15. The highest BCUT2D eigenvalue weighted by atomic mass is 127. The maximum Gasteiger partial charge on any atom is 0.0635 e. The van der Waals surface area contributed by atoms with Crippen molar-refractivity contribution < 1.29 is 5.11 Å². The van der Waals surface area contributed by atoms with Crippen LogP contribution in [0.5, 0.6) is 0 Å². The van der Waals surface area contributed by atoms with Crippen molar-refractivity contribution >= 4 is 34.0 Å². The van der Waals surface area contributed by atoms with Gasteiger partial charge in [-0.1, -0.05) is 12.8 Å². The van der Waals surface area contributed by atoms with Gasteiger partial charge in [0.25, 0.3) is 0 Å². The lowest BCUT2D eigenvalue weighted by Gasteiger charge is -2.31. The van der Waals surface area contributed by atoms with Gasteiger partial charge in [-0.05, 0) is 53.6 Å². The molecule has 0 spiro atoms. The Morgan fingerprint density at radius 3 is 2.88 bits per heavy atom. The molecule has 1 heterocycles. The normalized spacial score (nSPS) is 21.3. The fourth-order valence-electron chi connectivity index (χ4n) is 2.47. The molecular weight excluding hydrogens is 327 g/mol. The first-order valence-electron chi connectivity index (χ1n) is 6.15. The third kappa shape index (κ3) is 3.04. The van der Waals surface area contributed by atoms with E-state index in [1.807, 2.05) is 6.07 Å². The molecule has 0 bridgehead atoms. The van der Waals surface area contributed by atoms with Crippen LogP contribution in [0.25, 0.3) is 0 Å². The lowest BCUT2D eigenvalue weighted by Crippen LogP contribution is -2.38. The van der Waals surface area contributed by atoms with Gasteiger partial charge in [-0.25, -0.2) is 0 Å². The number of nitrogens with two attached hydrogens (primary N) is 1. The van der Waals surface area contributed by atoms with Crippen molar-refractivity contribution in [3.63, 3.8) is 0 Å². The van der Waals surface area contributed by atoms with E-state index in [0.29, 0.717) is 0 Å². The minimum Gasteiger partial charge on any atom is -0.397 e. The number of aliphatic hydroxyl groups excluding tert-OH is 1. The van der Waals surface area contributed by atoms with Gasteiger partial charge in [0.1, 0.15) is 0 Å². The second kappa shape index (κ2) is 5.91. The van der Waals surface area contributed by atoms with Crippen LogP contribution >= 0.6 is 22.6 Å². The number of nitrogen functional groups attached to an aromatic ring is 1. The predicted molar refractivity (Wildman–Crippen MR) is 80.3 cm³/mol. The number of anilines is 2. The van der Waals surface area contributed by atoms with Crippen LogP contribution in [0.2, 0.25) is 0 Å². The van der Waals surface area contributed by atoms with Gasteiger partial charge in [0.15, 0.2) is 0 Å². The lowest BCUT2D eigenvalue weighted by molar-refractivity contribution is 0.255. The Balaban J connectivity index is 2.28. The zero-order valence-corrected chi connectivity index (χ0v) is 12.1. The lowest BCUT2D eigenvalue weighted by atomic mass is 10.1. The molecule has 0 aliphatic carbocycles. The molecule has 1 aromatic rings.